The molecule has 0 aliphatic carbocycles. The first-order chi connectivity index (χ1) is 9.58. The highest BCUT2D eigenvalue weighted by Gasteiger charge is 2.12. The van der Waals surface area contributed by atoms with E-state index in [0.717, 1.165) is 15.4 Å². The number of fused-ring (bicyclic) bond motifs is 1. The monoisotopic (exact) mass is 329 g/mol. The van der Waals surface area contributed by atoms with Crippen LogP contribution in [0, 0.1) is 6.92 Å². The van der Waals surface area contributed by atoms with E-state index in [4.69, 9.17) is 0 Å². The Kier molecular flexibility index (Phi) is 3.10. The third-order valence-electron chi connectivity index (χ3n) is 3.26. The summed E-state index contributed by atoms with van der Waals surface area (Å²) < 4.78 is 2.08. The molecule has 1 aromatic heterocycles. The van der Waals surface area contributed by atoms with Gasteiger partial charge < -0.3 is 5.11 Å². The molecular weight excluding hydrogens is 318 g/mol. The summed E-state index contributed by atoms with van der Waals surface area (Å²) in [4.78, 5) is 12.3. The molecule has 3 rings (SSSR count). The van der Waals surface area contributed by atoms with Crippen molar-refractivity contribution >= 4 is 26.7 Å². The lowest BCUT2D eigenvalue weighted by molar-refractivity contribution is 0.442. The Morgan fingerprint density at radius 2 is 1.85 bits per heavy atom. The van der Waals surface area contributed by atoms with Crippen LogP contribution in [0.25, 0.3) is 16.5 Å². The van der Waals surface area contributed by atoms with Gasteiger partial charge in [0.2, 0.25) is 5.88 Å². The maximum atomic E-state index is 12.3. The minimum atomic E-state index is -0.259. The highest BCUT2D eigenvalue weighted by Crippen LogP contribution is 2.28. The van der Waals surface area contributed by atoms with Gasteiger partial charge in [-0.2, -0.15) is 0 Å². The van der Waals surface area contributed by atoms with E-state index in [0.29, 0.717) is 11.1 Å². The standard InChI is InChI=1S/C16H12BrNO2/c1-10-6-7-14(13(17)8-10)18-15(19)9-11-4-2-3-5-12(11)16(18)20/h2-9,20H,1H3. The fourth-order valence-corrected chi connectivity index (χ4v) is 2.95. The minimum absolute atomic E-state index is 0.0438. The van der Waals surface area contributed by atoms with E-state index in [1.54, 1.807) is 6.07 Å². The Labute approximate surface area is 124 Å². The molecule has 0 amide bonds. The van der Waals surface area contributed by atoms with E-state index in [1.807, 2.05) is 43.3 Å². The van der Waals surface area contributed by atoms with Crippen molar-refractivity contribution in [2.24, 2.45) is 0 Å². The molecule has 0 atom stereocenters. The molecule has 0 radical (unpaired) electrons. The third kappa shape index (κ3) is 2.02. The molecule has 0 fully saturated rings. The summed E-state index contributed by atoms with van der Waals surface area (Å²) in [6.07, 6.45) is 0. The molecule has 3 aromatic rings. The second-order valence-electron chi connectivity index (χ2n) is 4.68. The average molecular weight is 330 g/mol. The van der Waals surface area contributed by atoms with Crippen molar-refractivity contribution in [2.45, 2.75) is 6.92 Å². The number of nitrogens with zero attached hydrogens (tertiary/aromatic N) is 1. The summed E-state index contributed by atoms with van der Waals surface area (Å²) in [5, 5.41) is 11.8. The maximum Gasteiger partial charge on any atom is 0.258 e. The first-order valence-corrected chi connectivity index (χ1v) is 6.97. The van der Waals surface area contributed by atoms with Crippen molar-refractivity contribution in [3.05, 3.63) is 68.9 Å². The van der Waals surface area contributed by atoms with E-state index >= 15 is 0 Å². The van der Waals surface area contributed by atoms with Gasteiger partial charge in [-0.15, -0.1) is 0 Å². The molecule has 0 aliphatic rings. The molecule has 1 heterocycles. The Balaban J connectivity index is 2.39. The van der Waals surface area contributed by atoms with Crippen LogP contribution in [0.4, 0.5) is 0 Å². The number of hydrogen-bond acceptors (Lipinski definition) is 2. The summed E-state index contributed by atoms with van der Waals surface area (Å²) in [6.45, 7) is 1.97. The molecule has 0 aliphatic heterocycles. The smallest absolute Gasteiger partial charge is 0.258 e. The van der Waals surface area contributed by atoms with Crippen molar-refractivity contribution in [3.8, 4) is 11.6 Å². The number of pyridine rings is 1. The lowest BCUT2D eigenvalue weighted by Crippen LogP contribution is -2.17. The van der Waals surface area contributed by atoms with Crippen LogP contribution >= 0.6 is 15.9 Å². The van der Waals surface area contributed by atoms with Crippen molar-refractivity contribution in [2.75, 3.05) is 0 Å². The Morgan fingerprint density at radius 1 is 1.10 bits per heavy atom. The van der Waals surface area contributed by atoms with Crippen LogP contribution < -0.4 is 5.56 Å². The predicted molar refractivity (Wildman–Crippen MR) is 83.6 cm³/mol. The Morgan fingerprint density at radius 3 is 2.60 bits per heavy atom. The first-order valence-electron chi connectivity index (χ1n) is 6.18. The van der Waals surface area contributed by atoms with E-state index in [2.05, 4.69) is 15.9 Å². The fourth-order valence-electron chi connectivity index (χ4n) is 2.27. The van der Waals surface area contributed by atoms with E-state index < -0.39 is 0 Å². The fraction of sp³-hybridized carbons (Fsp3) is 0.0625. The number of hydrogen-bond donors (Lipinski definition) is 1. The molecule has 4 heteroatoms. The van der Waals surface area contributed by atoms with Crippen molar-refractivity contribution in [3.63, 3.8) is 0 Å². The van der Waals surface area contributed by atoms with Gasteiger partial charge >= 0.3 is 0 Å². The molecule has 100 valence electrons. The van der Waals surface area contributed by atoms with Crippen molar-refractivity contribution in [1.82, 2.24) is 4.57 Å². The van der Waals surface area contributed by atoms with Gasteiger partial charge in [0.05, 0.1) is 5.69 Å². The molecule has 0 saturated carbocycles. The van der Waals surface area contributed by atoms with Gasteiger partial charge in [0.25, 0.3) is 5.56 Å². The number of rotatable bonds is 1. The maximum absolute atomic E-state index is 12.3. The van der Waals surface area contributed by atoms with Gasteiger partial charge in [-0.3, -0.25) is 4.79 Å². The lowest BCUT2D eigenvalue weighted by atomic mass is 10.1. The zero-order valence-electron chi connectivity index (χ0n) is 10.8. The molecule has 0 unspecified atom stereocenters. The van der Waals surface area contributed by atoms with Crippen LogP contribution in [-0.4, -0.2) is 9.67 Å². The molecular formula is C16H12BrNO2. The number of benzene rings is 2. The molecule has 1 N–H and O–H groups in total. The molecule has 20 heavy (non-hydrogen) atoms. The van der Waals surface area contributed by atoms with Crippen LogP contribution in [0.2, 0.25) is 0 Å². The molecule has 0 spiro atoms. The number of aromatic nitrogens is 1. The number of halogens is 1. The van der Waals surface area contributed by atoms with Crippen molar-refractivity contribution in [1.29, 1.82) is 0 Å². The average Bonchev–Trinajstić information content (AvgIpc) is 2.41. The van der Waals surface area contributed by atoms with E-state index in [-0.39, 0.29) is 11.4 Å². The molecule has 2 aromatic carbocycles. The van der Waals surface area contributed by atoms with Gasteiger partial charge in [0, 0.05) is 15.9 Å². The normalized spacial score (nSPS) is 10.9. The molecule has 0 bridgehead atoms. The summed E-state index contributed by atoms with van der Waals surface area (Å²) >= 11 is 3.45. The Bertz CT molecular complexity index is 868. The third-order valence-corrected chi connectivity index (χ3v) is 3.89. The molecule has 3 nitrogen and oxygen atoms in total. The van der Waals surface area contributed by atoms with Gasteiger partial charge in [-0.05, 0) is 52.0 Å². The summed E-state index contributed by atoms with van der Waals surface area (Å²) in [6, 6.07) is 14.4. The number of aromatic hydroxyl groups is 1. The zero-order valence-corrected chi connectivity index (χ0v) is 12.4. The van der Waals surface area contributed by atoms with Crippen molar-refractivity contribution < 1.29 is 5.11 Å². The van der Waals surface area contributed by atoms with E-state index in [9.17, 15) is 9.90 Å². The summed E-state index contributed by atoms with van der Waals surface area (Å²) in [5.41, 5.74) is 1.45. The van der Waals surface area contributed by atoms with Gasteiger partial charge in [0.1, 0.15) is 0 Å². The second kappa shape index (κ2) is 4.80. The van der Waals surface area contributed by atoms with Crippen LogP contribution in [0.5, 0.6) is 5.88 Å². The first kappa shape index (κ1) is 12.9. The quantitative estimate of drug-likeness (QED) is 0.738. The van der Waals surface area contributed by atoms with Gasteiger partial charge in [-0.25, -0.2) is 4.57 Å². The van der Waals surface area contributed by atoms with Crippen LogP contribution in [0.1, 0.15) is 5.56 Å². The Hall–Kier alpha value is -2.07. The number of aryl methyl sites for hydroxylation is 1. The topological polar surface area (TPSA) is 42.2 Å². The SMILES string of the molecule is Cc1ccc(-n2c(O)c3ccccc3cc2=O)c(Br)c1. The highest BCUT2D eigenvalue weighted by atomic mass is 79.9. The van der Waals surface area contributed by atoms with Crippen LogP contribution in [-0.2, 0) is 0 Å². The largest absolute Gasteiger partial charge is 0.494 e. The zero-order chi connectivity index (χ0) is 14.3. The predicted octanol–water partition coefficient (Wildman–Crippen LogP) is 3.77. The lowest BCUT2D eigenvalue weighted by Gasteiger charge is -2.13. The van der Waals surface area contributed by atoms with Gasteiger partial charge in [-0.1, -0.05) is 24.3 Å². The summed E-state index contributed by atoms with van der Waals surface area (Å²) in [7, 11) is 0. The molecule has 0 saturated heterocycles. The van der Waals surface area contributed by atoms with E-state index in [1.165, 1.54) is 10.6 Å². The minimum Gasteiger partial charge on any atom is -0.494 e. The highest BCUT2D eigenvalue weighted by molar-refractivity contribution is 9.10. The van der Waals surface area contributed by atoms with Crippen LogP contribution in [0.15, 0.2) is 57.8 Å². The summed E-state index contributed by atoms with van der Waals surface area (Å²) in [5.74, 6) is -0.0438. The second-order valence-corrected chi connectivity index (χ2v) is 5.54. The van der Waals surface area contributed by atoms with Gasteiger partial charge in [0.15, 0.2) is 0 Å². The van der Waals surface area contributed by atoms with Crippen LogP contribution in [0.3, 0.4) is 0 Å².